The number of hydrogen-bond acceptors (Lipinski definition) is 4. The molecule has 2 aromatic rings. The highest BCUT2D eigenvalue weighted by atomic mass is 32.1. The van der Waals surface area contributed by atoms with Crippen molar-refractivity contribution >= 4 is 33.5 Å². The molecule has 25 heavy (non-hydrogen) atoms. The number of morpholine rings is 1. The zero-order valence-corrected chi connectivity index (χ0v) is 14.8. The quantitative estimate of drug-likeness (QED) is 0.856. The summed E-state index contributed by atoms with van der Waals surface area (Å²) < 4.78 is 6.39. The Kier molecular flexibility index (Phi) is 4.63. The number of piperidine rings is 1. The van der Waals surface area contributed by atoms with Crippen LogP contribution < -0.4 is 5.32 Å². The van der Waals surface area contributed by atoms with E-state index in [1.54, 1.807) is 11.3 Å². The van der Waals surface area contributed by atoms with Crippen LogP contribution in [-0.2, 0) is 4.74 Å². The van der Waals surface area contributed by atoms with E-state index in [1.807, 2.05) is 27.3 Å². The molecule has 0 spiro atoms. The van der Waals surface area contributed by atoms with Gasteiger partial charge in [-0.3, -0.25) is 4.79 Å². The van der Waals surface area contributed by atoms with E-state index in [0.29, 0.717) is 45.1 Å². The molecule has 0 bridgehead atoms. The molecular weight excluding hydrogens is 340 g/mol. The summed E-state index contributed by atoms with van der Waals surface area (Å²) in [6, 6.07) is 4.08. The van der Waals surface area contributed by atoms with E-state index in [0.717, 1.165) is 23.1 Å². The zero-order valence-electron chi connectivity index (χ0n) is 14.0. The topological polar surface area (TPSA) is 77.7 Å². The van der Waals surface area contributed by atoms with Gasteiger partial charge in [0.05, 0.1) is 23.4 Å². The van der Waals surface area contributed by atoms with Crippen molar-refractivity contribution in [2.24, 2.45) is 0 Å². The SMILES string of the molecule is O=C(NC1CCN(C(=O)N2CCOCC2)CC1)c1cc2sccc2[nH]1. The molecule has 2 saturated heterocycles. The van der Waals surface area contributed by atoms with Crippen LogP contribution in [0, 0.1) is 0 Å². The number of fused-ring (bicyclic) bond motifs is 1. The maximum atomic E-state index is 12.5. The van der Waals surface area contributed by atoms with Gasteiger partial charge in [0.15, 0.2) is 0 Å². The van der Waals surface area contributed by atoms with Crippen LogP contribution in [0.3, 0.4) is 0 Å². The lowest BCUT2D eigenvalue weighted by atomic mass is 10.1. The van der Waals surface area contributed by atoms with E-state index >= 15 is 0 Å². The normalized spacial score (nSPS) is 19.4. The highest BCUT2D eigenvalue weighted by Gasteiger charge is 2.28. The molecule has 2 aliphatic rings. The molecule has 0 saturated carbocycles. The third-order valence-electron chi connectivity index (χ3n) is 4.87. The molecule has 0 unspecified atom stereocenters. The van der Waals surface area contributed by atoms with E-state index in [2.05, 4.69) is 10.3 Å². The molecular formula is C17H22N4O3S. The third kappa shape index (κ3) is 3.50. The molecule has 0 radical (unpaired) electrons. The van der Waals surface area contributed by atoms with Gasteiger partial charge in [-0.2, -0.15) is 0 Å². The summed E-state index contributed by atoms with van der Waals surface area (Å²) in [6.07, 6.45) is 1.58. The first-order valence-electron chi connectivity index (χ1n) is 8.69. The molecule has 2 aliphatic heterocycles. The number of H-pyrrole nitrogens is 1. The number of carbonyl (C=O) groups is 2. The Hall–Kier alpha value is -2.06. The molecule has 0 aromatic carbocycles. The monoisotopic (exact) mass is 362 g/mol. The number of hydrogen-bond donors (Lipinski definition) is 2. The molecule has 134 valence electrons. The van der Waals surface area contributed by atoms with Crippen molar-refractivity contribution in [3.63, 3.8) is 0 Å². The average molecular weight is 362 g/mol. The molecule has 3 amide bonds. The number of amides is 3. The van der Waals surface area contributed by atoms with E-state index in [4.69, 9.17) is 4.74 Å². The number of thiophene rings is 1. The first kappa shape index (κ1) is 16.4. The van der Waals surface area contributed by atoms with Gasteiger partial charge in [-0.05, 0) is 30.4 Å². The summed E-state index contributed by atoms with van der Waals surface area (Å²) in [5, 5.41) is 5.09. The van der Waals surface area contributed by atoms with E-state index in [1.165, 1.54) is 0 Å². The second kappa shape index (κ2) is 7.05. The summed E-state index contributed by atoms with van der Waals surface area (Å²) >= 11 is 1.62. The number of aromatic amines is 1. The fourth-order valence-corrected chi connectivity index (χ4v) is 4.19. The molecule has 0 atom stereocenters. The van der Waals surface area contributed by atoms with Gasteiger partial charge in [-0.25, -0.2) is 4.79 Å². The number of rotatable bonds is 2. The summed E-state index contributed by atoms with van der Waals surface area (Å²) in [4.78, 5) is 31.8. The Labute approximate surface area is 149 Å². The Morgan fingerprint density at radius 3 is 2.60 bits per heavy atom. The van der Waals surface area contributed by atoms with Crippen LogP contribution in [0.25, 0.3) is 10.2 Å². The van der Waals surface area contributed by atoms with Crippen LogP contribution in [0.4, 0.5) is 4.79 Å². The van der Waals surface area contributed by atoms with Crippen molar-refractivity contribution in [3.05, 3.63) is 23.2 Å². The number of aromatic nitrogens is 1. The summed E-state index contributed by atoms with van der Waals surface area (Å²) in [7, 11) is 0. The third-order valence-corrected chi connectivity index (χ3v) is 5.73. The van der Waals surface area contributed by atoms with Gasteiger partial charge in [-0.1, -0.05) is 0 Å². The number of nitrogens with one attached hydrogen (secondary N) is 2. The first-order chi connectivity index (χ1) is 12.2. The van der Waals surface area contributed by atoms with Crippen LogP contribution in [0.5, 0.6) is 0 Å². The van der Waals surface area contributed by atoms with E-state index in [9.17, 15) is 9.59 Å². The summed E-state index contributed by atoms with van der Waals surface area (Å²) in [6.45, 7) is 3.93. The van der Waals surface area contributed by atoms with Crippen LogP contribution in [0.15, 0.2) is 17.5 Å². The maximum absolute atomic E-state index is 12.5. The van der Waals surface area contributed by atoms with Gasteiger partial charge in [-0.15, -0.1) is 11.3 Å². The lowest BCUT2D eigenvalue weighted by Crippen LogP contribution is -2.52. The van der Waals surface area contributed by atoms with Crippen LogP contribution in [-0.4, -0.2) is 72.2 Å². The van der Waals surface area contributed by atoms with Crippen molar-refractivity contribution in [3.8, 4) is 0 Å². The van der Waals surface area contributed by atoms with E-state index < -0.39 is 0 Å². The molecule has 0 aliphatic carbocycles. The Balaban J connectivity index is 1.29. The highest BCUT2D eigenvalue weighted by Crippen LogP contribution is 2.21. The van der Waals surface area contributed by atoms with Gasteiger partial charge in [0.1, 0.15) is 5.69 Å². The number of nitrogens with zero attached hydrogens (tertiary/aromatic N) is 2. The summed E-state index contributed by atoms with van der Waals surface area (Å²) in [5.41, 5.74) is 1.61. The molecule has 2 fully saturated rings. The Morgan fingerprint density at radius 2 is 1.88 bits per heavy atom. The molecule has 4 rings (SSSR count). The average Bonchev–Trinajstić information content (AvgIpc) is 3.24. The second-order valence-electron chi connectivity index (χ2n) is 6.50. The van der Waals surface area contributed by atoms with Gasteiger partial charge >= 0.3 is 6.03 Å². The minimum Gasteiger partial charge on any atom is -0.378 e. The highest BCUT2D eigenvalue weighted by molar-refractivity contribution is 7.17. The number of urea groups is 1. The maximum Gasteiger partial charge on any atom is 0.320 e. The van der Waals surface area contributed by atoms with Crippen molar-refractivity contribution in [1.82, 2.24) is 20.1 Å². The second-order valence-corrected chi connectivity index (χ2v) is 7.45. The van der Waals surface area contributed by atoms with Gasteiger partial charge < -0.3 is 24.8 Å². The number of ether oxygens (including phenoxy) is 1. The van der Waals surface area contributed by atoms with Crippen LogP contribution >= 0.6 is 11.3 Å². The minimum atomic E-state index is -0.0682. The van der Waals surface area contributed by atoms with Crippen molar-refractivity contribution in [2.75, 3.05) is 39.4 Å². The fraction of sp³-hybridized carbons (Fsp3) is 0.529. The predicted molar refractivity (Wildman–Crippen MR) is 96.0 cm³/mol. The van der Waals surface area contributed by atoms with Crippen molar-refractivity contribution < 1.29 is 14.3 Å². The smallest absolute Gasteiger partial charge is 0.320 e. The van der Waals surface area contributed by atoms with Crippen LogP contribution in [0.2, 0.25) is 0 Å². The first-order valence-corrected chi connectivity index (χ1v) is 9.57. The van der Waals surface area contributed by atoms with Crippen molar-refractivity contribution in [2.45, 2.75) is 18.9 Å². The standard InChI is InChI=1S/C17H22N4O3S/c22-16(14-11-15-13(19-14)3-10-25-15)18-12-1-4-20(5-2-12)17(23)21-6-8-24-9-7-21/h3,10-12,19H,1-2,4-9H2,(H,18,22). The van der Waals surface area contributed by atoms with Crippen LogP contribution in [0.1, 0.15) is 23.3 Å². The van der Waals surface area contributed by atoms with Gasteiger partial charge in [0.25, 0.3) is 5.91 Å². The molecule has 4 heterocycles. The zero-order chi connectivity index (χ0) is 17.2. The summed E-state index contributed by atoms with van der Waals surface area (Å²) in [5.74, 6) is -0.0682. The van der Waals surface area contributed by atoms with E-state index in [-0.39, 0.29) is 18.0 Å². The lowest BCUT2D eigenvalue weighted by Gasteiger charge is -2.37. The minimum absolute atomic E-state index is 0.0682. The number of likely N-dealkylation sites (tertiary alicyclic amines) is 1. The van der Waals surface area contributed by atoms with Gasteiger partial charge in [0, 0.05) is 32.2 Å². The largest absolute Gasteiger partial charge is 0.378 e. The Bertz CT molecular complexity index is 728. The van der Waals surface area contributed by atoms with Gasteiger partial charge in [0.2, 0.25) is 0 Å². The fourth-order valence-electron chi connectivity index (χ4n) is 3.40. The van der Waals surface area contributed by atoms with Crippen molar-refractivity contribution in [1.29, 1.82) is 0 Å². The Morgan fingerprint density at radius 1 is 1.16 bits per heavy atom. The molecule has 8 heteroatoms. The predicted octanol–water partition coefficient (Wildman–Crippen LogP) is 1.88. The molecule has 2 N–H and O–H groups in total. The molecule has 2 aromatic heterocycles. The number of carbonyl (C=O) groups excluding carboxylic acids is 2. The lowest BCUT2D eigenvalue weighted by molar-refractivity contribution is 0.0407. The molecule has 7 nitrogen and oxygen atoms in total.